The van der Waals surface area contributed by atoms with E-state index in [2.05, 4.69) is 0 Å². The van der Waals surface area contributed by atoms with Gasteiger partial charge in [-0.15, -0.1) is 0 Å². The van der Waals surface area contributed by atoms with Gasteiger partial charge in [-0.25, -0.2) is 0 Å². The van der Waals surface area contributed by atoms with Crippen LogP contribution in [0.25, 0.3) is 0 Å². The van der Waals surface area contributed by atoms with Crippen LogP contribution in [0.3, 0.4) is 0 Å². The van der Waals surface area contributed by atoms with E-state index < -0.39 is 0 Å². The molecule has 2 fully saturated rings. The Kier molecular flexibility index (Phi) is 8.62. The Balaban J connectivity index is 1.76. The molecule has 2 aliphatic carbocycles. The molecule has 0 aromatic carbocycles. The molecule has 1 atom stereocenters. The second kappa shape index (κ2) is 10.7. The van der Waals surface area contributed by atoms with Gasteiger partial charge in [0.15, 0.2) is 0 Å². The van der Waals surface area contributed by atoms with Crippen molar-refractivity contribution in [2.24, 2.45) is 5.92 Å². The highest BCUT2D eigenvalue weighted by Crippen LogP contribution is 2.24. The van der Waals surface area contributed by atoms with Gasteiger partial charge in [-0.05, 0) is 57.8 Å². The molecular formula is C20H34O4. The molecule has 1 unspecified atom stereocenters. The molecule has 4 heteroatoms. The molecule has 0 aromatic rings. The first-order chi connectivity index (χ1) is 11.7. The van der Waals surface area contributed by atoms with Gasteiger partial charge >= 0.3 is 11.9 Å². The number of hydrogen-bond donors (Lipinski definition) is 0. The Hall–Kier alpha value is -1.06. The summed E-state index contributed by atoms with van der Waals surface area (Å²) in [5, 5.41) is 0. The first-order valence-electron chi connectivity index (χ1n) is 10.1. The molecule has 0 N–H and O–H groups in total. The normalized spacial score (nSPS) is 22.2. The minimum Gasteiger partial charge on any atom is -0.462 e. The van der Waals surface area contributed by atoms with E-state index >= 15 is 0 Å². The highest BCUT2D eigenvalue weighted by molar-refractivity contribution is 5.80. The van der Waals surface area contributed by atoms with Crippen molar-refractivity contribution in [1.82, 2.24) is 0 Å². The third-order valence-electron chi connectivity index (χ3n) is 5.42. The Morgan fingerprint density at radius 3 is 1.71 bits per heavy atom. The average molecular weight is 338 g/mol. The average Bonchev–Trinajstić information content (AvgIpc) is 2.97. The van der Waals surface area contributed by atoms with Gasteiger partial charge in [0.05, 0.1) is 12.3 Å². The minimum absolute atomic E-state index is 0.0481. The molecule has 0 radical (unpaired) electrons. The fraction of sp³-hybridized carbons (Fsp3) is 0.900. The molecule has 2 rings (SSSR count). The number of esters is 2. The summed E-state index contributed by atoms with van der Waals surface area (Å²) in [5.74, 6) is -0.791. The lowest BCUT2D eigenvalue weighted by molar-refractivity contribution is -0.161. The molecule has 0 amide bonds. The third-order valence-corrected chi connectivity index (χ3v) is 5.42. The number of carbonyl (C=O) groups is 2. The molecule has 0 bridgehead atoms. The topological polar surface area (TPSA) is 52.6 Å². The van der Waals surface area contributed by atoms with Crippen LogP contribution in [-0.4, -0.2) is 24.1 Å². The number of hydrogen-bond acceptors (Lipinski definition) is 4. The van der Waals surface area contributed by atoms with E-state index in [4.69, 9.17) is 9.47 Å². The van der Waals surface area contributed by atoms with Crippen LogP contribution in [0.4, 0.5) is 0 Å². The van der Waals surface area contributed by atoms with Crippen molar-refractivity contribution in [2.45, 2.75) is 109 Å². The third kappa shape index (κ3) is 6.82. The van der Waals surface area contributed by atoms with E-state index in [0.29, 0.717) is 6.42 Å². The molecule has 0 saturated heterocycles. The van der Waals surface area contributed by atoms with Crippen LogP contribution in [-0.2, 0) is 19.1 Å². The number of rotatable bonds is 6. The lowest BCUT2D eigenvalue weighted by Crippen LogP contribution is -2.27. The van der Waals surface area contributed by atoms with Gasteiger partial charge in [0.1, 0.15) is 12.2 Å². The second-order valence-electron chi connectivity index (χ2n) is 7.46. The first kappa shape index (κ1) is 19.3. The quantitative estimate of drug-likeness (QED) is 0.509. The highest BCUT2D eigenvalue weighted by atomic mass is 16.6. The summed E-state index contributed by atoms with van der Waals surface area (Å²) in [4.78, 5) is 24.6. The van der Waals surface area contributed by atoms with Crippen LogP contribution in [0.15, 0.2) is 0 Å². The fourth-order valence-corrected chi connectivity index (χ4v) is 3.81. The number of ether oxygens (including phenoxy) is 2. The zero-order chi connectivity index (χ0) is 17.2. The van der Waals surface area contributed by atoms with E-state index in [1.54, 1.807) is 0 Å². The molecule has 4 nitrogen and oxygen atoms in total. The van der Waals surface area contributed by atoms with Crippen molar-refractivity contribution in [1.29, 1.82) is 0 Å². The predicted octanol–water partition coefficient (Wildman–Crippen LogP) is 4.93. The van der Waals surface area contributed by atoms with Crippen LogP contribution in [0.2, 0.25) is 0 Å². The molecular weight excluding hydrogens is 304 g/mol. The summed E-state index contributed by atoms with van der Waals surface area (Å²) in [5.41, 5.74) is 0. The summed E-state index contributed by atoms with van der Waals surface area (Å²) in [7, 11) is 0. The maximum atomic E-state index is 12.4. The van der Waals surface area contributed by atoms with Crippen LogP contribution in [0.1, 0.15) is 96.8 Å². The molecule has 0 aromatic heterocycles. The van der Waals surface area contributed by atoms with Crippen molar-refractivity contribution in [3.63, 3.8) is 0 Å². The summed E-state index contributed by atoms with van der Waals surface area (Å²) in [6, 6.07) is 0. The summed E-state index contributed by atoms with van der Waals surface area (Å²) in [6.45, 7) is 1.94. The van der Waals surface area contributed by atoms with Crippen LogP contribution in [0, 0.1) is 5.92 Å². The van der Waals surface area contributed by atoms with Gasteiger partial charge < -0.3 is 9.47 Å². The summed E-state index contributed by atoms with van der Waals surface area (Å²) in [6.07, 6.45) is 14.3. The van der Waals surface area contributed by atoms with Crippen molar-refractivity contribution in [2.75, 3.05) is 0 Å². The monoisotopic (exact) mass is 338 g/mol. The summed E-state index contributed by atoms with van der Waals surface area (Å²) < 4.78 is 11.3. The lowest BCUT2D eigenvalue weighted by Gasteiger charge is -2.21. The second-order valence-corrected chi connectivity index (χ2v) is 7.46. The largest absolute Gasteiger partial charge is 0.462 e. The van der Waals surface area contributed by atoms with Gasteiger partial charge in [0.2, 0.25) is 0 Å². The maximum Gasteiger partial charge on any atom is 0.309 e. The van der Waals surface area contributed by atoms with Crippen molar-refractivity contribution in [3.05, 3.63) is 0 Å². The SMILES string of the molecule is CCC(CC(=O)OC1CCCCCC1)C(=O)OC1CCCCCC1. The van der Waals surface area contributed by atoms with Gasteiger partial charge in [0.25, 0.3) is 0 Å². The molecule has 2 aliphatic rings. The number of carbonyl (C=O) groups excluding carboxylic acids is 2. The van der Waals surface area contributed by atoms with E-state index in [0.717, 1.165) is 51.4 Å². The van der Waals surface area contributed by atoms with Crippen molar-refractivity contribution < 1.29 is 19.1 Å². The lowest BCUT2D eigenvalue weighted by atomic mass is 10.0. The Labute approximate surface area is 146 Å². The maximum absolute atomic E-state index is 12.4. The smallest absolute Gasteiger partial charge is 0.309 e. The molecule has 0 aliphatic heterocycles. The zero-order valence-corrected chi connectivity index (χ0v) is 15.3. The van der Waals surface area contributed by atoms with Crippen LogP contribution in [0.5, 0.6) is 0 Å². The molecule has 138 valence electrons. The predicted molar refractivity (Wildman–Crippen MR) is 93.6 cm³/mol. The van der Waals surface area contributed by atoms with Crippen molar-refractivity contribution >= 4 is 11.9 Å². The minimum atomic E-state index is -0.355. The molecule has 24 heavy (non-hydrogen) atoms. The molecule has 2 saturated carbocycles. The summed E-state index contributed by atoms with van der Waals surface area (Å²) >= 11 is 0. The van der Waals surface area contributed by atoms with E-state index in [-0.39, 0.29) is 36.5 Å². The highest BCUT2D eigenvalue weighted by Gasteiger charge is 2.27. The Bertz CT molecular complexity index is 377. The van der Waals surface area contributed by atoms with E-state index in [1.807, 2.05) is 6.92 Å². The van der Waals surface area contributed by atoms with Crippen molar-refractivity contribution in [3.8, 4) is 0 Å². The fourth-order valence-electron chi connectivity index (χ4n) is 3.81. The standard InChI is InChI=1S/C20H34O4/c1-2-16(20(22)24-18-13-9-5-6-10-14-18)15-19(21)23-17-11-7-3-4-8-12-17/h16-18H,2-15H2,1H3. The van der Waals surface area contributed by atoms with E-state index in [1.165, 1.54) is 25.7 Å². The van der Waals surface area contributed by atoms with E-state index in [9.17, 15) is 9.59 Å². The van der Waals surface area contributed by atoms with Crippen LogP contribution < -0.4 is 0 Å². The van der Waals surface area contributed by atoms with Gasteiger partial charge in [-0.1, -0.05) is 32.6 Å². The van der Waals surface area contributed by atoms with Gasteiger partial charge in [0, 0.05) is 0 Å². The van der Waals surface area contributed by atoms with Gasteiger partial charge in [-0.3, -0.25) is 9.59 Å². The Morgan fingerprint density at radius 2 is 1.25 bits per heavy atom. The molecule has 0 spiro atoms. The molecule has 0 heterocycles. The van der Waals surface area contributed by atoms with Gasteiger partial charge in [-0.2, -0.15) is 0 Å². The van der Waals surface area contributed by atoms with Crippen LogP contribution >= 0.6 is 0 Å². The zero-order valence-electron chi connectivity index (χ0n) is 15.3. The first-order valence-corrected chi connectivity index (χ1v) is 10.1. The Morgan fingerprint density at radius 1 is 0.792 bits per heavy atom.